The minimum Gasteiger partial charge on any atom is -0.396 e. The minimum atomic E-state index is 0.156. The summed E-state index contributed by atoms with van der Waals surface area (Å²) in [6.45, 7) is 4.97. The van der Waals surface area contributed by atoms with Crippen LogP contribution in [0.4, 0.5) is 17.5 Å². The Kier molecular flexibility index (Phi) is 4.91. The van der Waals surface area contributed by atoms with Crippen LogP contribution in [0.25, 0.3) is 10.9 Å². The van der Waals surface area contributed by atoms with E-state index in [1.807, 2.05) is 24.3 Å². The van der Waals surface area contributed by atoms with Crippen LogP contribution in [0.2, 0.25) is 0 Å². The SMILES string of the molecule is Cc1cc(C)cc(Nc2nc(NCCCO)c3ccccc3n2)c1. The molecule has 0 aliphatic rings. The van der Waals surface area contributed by atoms with Gasteiger partial charge in [0.15, 0.2) is 0 Å². The summed E-state index contributed by atoms with van der Waals surface area (Å²) >= 11 is 0. The molecule has 2 aromatic carbocycles. The summed E-state index contributed by atoms with van der Waals surface area (Å²) in [4.78, 5) is 9.22. The number of anilines is 3. The van der Waals surface area contributed by atoms with Gasteiger partial charge in [0, 0.05) is 24.2 Å². The van der Waals surface area contributed by atoms with Crippen LogP contribution in [-0.2, 0) is 0 Å². The molecule has 124 valence electrons. The number of aliphatic hydroxyl groups is 1. The van der Waals surface area contributed by atoms with E-state index in [9.17, 15) is 0 Å². The third-order valence-corrected chi connectivity index (χ3v) is 3.71. The van der Waals surface area contributed by atoms with Crippen LogP contribution >= 0.6 is 0 Å². The van der Waals surface area contributed by atoms with Gasteiger partial charge in [-0.25, -0.2) is 4.98 Å². The van der Waals surface area contributed by atoms with Crippen LogP contribution in [0.15, 0.2) is 42.5 Å². The number of aryl methyl sites for hydroxylation is 2. The molecular weight excluding hydrogens is 300 g/mol. The van der Waals surface area contributed by atoms with Crippen molar-refractivity contribution >= 4 is 28.4 Å². The lowest BCUT2D eigenvalue weighted by atomic mass is 10.1. The molecule has 0 fully saturated rings. The first-order valence-corrected chi connectivity index (χ1v) is 8.12. The predicted molar refractivity (Wildman–Crippen MR) is 98.9 cm³/mol. The van der Waals surface area contributed by atoms with Gasteiger partial charge in [-0.1, -0.05) is 18.2 Å². The molecule has 0 radical (unpaired) electrons. The van der Waals surface area contributed by atoms with Crippen LogP contribution in [0.1, 0.15) is 17.5 Å². The number of benzene rings is 2. The van der Waals surface area contributed by atoms with Crippen molar-refractivity contribution in [2.45, 2.75) is 20.3 Å². The van der Waals surface area contributed by atoms with Crippen LogP contribution in [0.3, 0.4) is 0 Å². The van der Waals surface area contributed by atoms with E-state index in [0.717, 1.165) is 22.4 Å². The maximum absolute atomic E-state index is 8.97. The quantitative estimate of drug-likeness (QED) is 0.602. The van der Waals surface area contributed by atoms with Gasteiger partial charge >= 0.3 is 0 Å². The van der Waals surface area contributed by atoms with Crippen molar-refractivity contribution in [2.75, 3.05) is 23.8 Å². The molecule has 3 aromatic rings. The zero-order valence-corrected chi connectivity index (χ0v) is 14.0. The molecule has 3 N–H and O–H groups in total. The molecule has 0 saturated carbocycles. The van der Waals surface area contributed by atoms with Crippen LogP contribution in [0.5, 0.6) is 0 Å². The molecule has 5 heteroatoms. The van der Waals surface area contributed by atoms with E-state index in [-0.39, 0.29) is 6.61 Å². The van der Waals surface area contributed by atoms with Crippen LogP contribution < -0.4 is 10.6 Å². The van der Waals surface area contributed by atoms with E-state index >= 15 is 0 Å². The van der Waals surface area contributed by atoms with Gasteiger partial charge in [0.2, 0.25) is 5.95 Å². The molecule has 5 nitrogen and oxygen atoms in total. The highest BCUT2D eigenvalue weighted by Crippen LogP contribution is 2.24. The third-order valence-electron chi connectivity index (χ3n) is 3.71. The van der Waals surface area contributed by atoms with E-state index in [1.54, 1.807) is 0 Å². The average Bonchev–Trinajstić information content (AvgIpc) is 2.54. The minimum absolute atomic E-state index is 0.156. The molecule has 0 atom stereocenters. The van der Waals surface area contributed by atoms with Gasteiger partial charge in [-0.15, -0.1) is 0 Å². The lowest BCUT2D eigenvalue weighted by molar-refractivity contribution is 0.292. The van der Waals surface area contributed by atoms with E-state index in [2.05, 4.69) is 52.6 Å². The molecule has 0 amide bonds. The Morgan fingerprint density at radius 2 is 1.75 bits per heavy atom. The van der Waals surface area contributed by atoms with Crippen molar-refractivity contribution in [1.29, 1.82) is 0 Å². The Bertz CT molecular complexity index is 828. The molecule has 0 aliphatic carbocycles. The van der Waals surface area contributed by atoms with Gasteiger partial charge in [0.05, 0.1) is 5.52 Å². The molecule has 0 saturated heterocycles. The average molecular weight is 322 g/mol. The van der Waals surface area contributed by atoms with Crippen molar-refractivity contribution in [1.82, 2.24) is 9.97 Å². The summed E-state index contributed by atoms with van der Waals surface area (Å²) in [6, 6.07) is 14.2. The van der Waals surface area contributed by atoms with Crippen molar-refractivity contribution in [2.24, 2.45) is 0 Å². The Morgan fingerprint density at radius 3 is 2.50 bits per heavy atom. The molecule has 1 heterocycles. The smallest absolute Gasteiger partial charge is 0.229 e. The molecule has 1 aromatic heterocycles. The maximum Gasteiger partial charge on any atom is 0.229 e. The lowest BCUT2D eigenvalue weighted by Crippen LogP contribution is -2.08. The van der Waals surface area contributed by atoms with Gasteiger partial charge in [-0.2, -0.15) is 4.98 Å². The second-order valence-corrected chi connectivity index (χ2v) is 5.92. The molecule has 0 spiro atoms. The number of fused-ring (bicyclic) bond motifs is 1. The number of aliphatic hydroxyl groups excluding tert-OH is 1. The number of nitrogens with zero attached hydrogens (tertiary/aromatic N) is 2. The summed E-state index contributed by atoms with van der Waals surface area (Å²) in [6.07, 6.45) is 0.679. The fourth-order valence-electron chi connectivity index (χ4n) is 2.73. The third kappa shape index (κ3) is 3.81. The first-order chi connectivity index (χ1) is 11.7. The molecule has 3 rings (SSSR count). The molecular formula is C19H22N4O. The summed E-state index contributed by atoms with van der Waals surface area (Å²) in [5.41, 5.74) is 4.24. The van der Waals surface area contributed by atoms with Gasteiger partial charge in [-0.3, -0.25) is 0 Å². The first-order valence-electron chi connectivity index (χ1n) is 8.12. The number of hydrogen-bond acceptors (Lipinski definition) is 5. The largest absolute Gasteiger partial charge is 0.396 e. The fourth-order valence-corrected chi connectivity index (χ4v) is 2.73. The van der Waals surface area contributed by atoms with E-state index < -0.39 is 0 Å². The van der Waals surface area contributed by atoms with Crippen LogP contribution in [-0.4, -0.2) is 28.2 Å². The number of hydrogen-bond donors (Lipinski definition) is 3. The van der Waals surface area contributed by atoms with E-state index in [1.165, 1.54) is 11.1 Å². The predicted octanol–water partition coefficient (Wildman–Crippen LogP) is 3.78. The number of rotatable bonds is 6. The normalized spacial score (nSPS) is 10.8. The van der Waals surface area contributed by atoms with Crippen molar-refractivity contribution < 1.29 is 5.11 Å². The highest BCUT2D eigenvalue weighted by molar-refractivity contribution is 5.90. The fraction of sp³-hybridized carbons (Fsp3) is 0.263. The monoisotopic (exact) mass is 322 g/mol. The molecule has 24 heavy (non-hydrogen) atoms. The lowest BCUT2D eigenvalue weighted by Gasteiger charge is -2.12. The topological polar surface area (TPSA) is 70.1 Å². The Labute approximate surface area is 141 Å². The van der Waals surface area contributed by atoms with Crippen molar-refractivity contribution in [3.63, 3.8) is 0 Å². The first kappa shape index (κ1) is 16.2. The Balaban J connectivity index is 1.95. The van der Waals surface area contributed by atoms with Gasteiger partial charge in [0.1, 0.15) is 5.82 Å². The van der Waals surface area contributed by atoms with Crippen LogP contribution in [0, 0.1) is 13.8 Å². The van der Waals surface area contributed by atoms with Gasteiger partial charge < -0.3 is 15.7 Å². The molecule has 0 aliphatic heterocycles. The summed E-state index contributed by atoms with van der Waals surface area (Å²) in [7, 11) is 0. The van der Waals surface area contributed by atoms with Crippen molar-refractivity contribution in [3.05, 3.63) is 53.6 Å². The summed E-state index contributed by atoms with van der Waals surface area (Å²) in [5, 5.41) is 16.5. The van der Waals surface area contributed by atoms with Gasteiger partial charge in [-0.05, 0) is 55.7 Å². The number of nitrogens with one attached hydrogen (secondary N) is 2. The highest BCUT2D eigenvalue weighted by Gasteiger charge is 2.08. The second kappa shape index (κ2) is 7.27. The van der Waals surface area contributed by atoms with Gasteiger partial charge in [0.25, 0.3) is 0 Å². The van der Waals surface area contributed by atoms with E-state index in [0.29, 0.717) is 18.9 Å². The van der Waals surface area contributed by atoms with E-state index in [4.69, 9.17) is 5.11 Å². The van der Waals surface area contributed by atoms with Crippen molar-refractivity contribution in [3.8, 4) is 0 Å². The number of aromatic nitrogens is 2. The maximum atomic E-state index is 8.97. The zero-order valence-electron chi connectivity index (χ0n) is 14.0. The highest BCUT2D eigenvalue weighted by atomic mass is 16.3. The summed E-state index contributed by atoms with van der Waals surface area (Å²) in [5.74, 6) is 1.34. The standard InChI is InChI=1S/C19H22N4O/c1-13-10-14(2)12-15(11-13)21-19-22-17-7-4-3-6-16(17)18(23-19)20-8-5-9-24/h3-4,6-7,10-12,24H,5,8-9H2,1-2H3,(H2,20,21,22,23). The number of para-hydroxylation sites is 1. The molecule has 0 unspecified atom stereocenters. The zero-order chi connectivity index (χ0) is 16.9. The Hall–Kier alpha value is -2.66. The Morgan fingerprint density at radius 1 is 1.00 bits per heavy atom. The molecule has 0 bridgehead atoms. The second-order valence-electron chi connectivity index (χ2n) is 5.92. The summed E-state index contributed by atoms with van der Waals surface area (Å²) < 4.78 is 0.